The predicted octanol–water partition coefficient (Wildman–Crippen LogP) is 2.45. The zero-order chi connectivity index (χ0) is 12.2. The van der Waals surface area contributed by atoms with Crippen LogP contribution in [0.2, 0.25) is 0 Å². The summed E-state index contributed by atoms with van der Waals surface area (Å²) in [6, 6.07) is 12.5. The third-order valence-corrected chi connectivity index (χ3v) is 4.11. The molecule has 1 aromatic carbocycles. The highest BCUT2D eigenvalue weighted by Gasteiger charge is 2.27. The van der Waals surface area contributed by atoms with Crippen molar-refractivity contribution in [1.29, 1.82) is 0 Å². The molecule has 0 aromatic heterocycles. The van der Waals surface area contributed by atoms with E-state index < -0.39 is 0 Å². The molecule has 1 saturated carbocycles. The maximum Gasteiger partial charge on any atom is 0.0198 e. The fourth-order valence-electron chi connectivity index (χ4n) is 2.91. The molecule has 1 aliphatic heterocycles. The molecule has 3 rings (SSSR count). The van der Waals surface area contributed by atoms with Crippen LogP contribution in [0.3, 0.4) is 0 Å². The zero-order valence-electron chi connectivity index (χ0n) is 11.1. The Hall–Kier alpha value is -0.860. The van der Waals surface area contributed by atoms with Gasteiger partial charge in [0.25, 0.3) is 0 Å². The second kappa shape index (κ2) is 5.85. The van der Waals surface area contributed by atoms with E-state index in [0.29, 0.717) is 0 Å². The lowest BCUT2D eigenvalue weighted by molar-refractivity contribution is 0.191. The standard InChI is InChI=1S/C16H24N2/c1-2-5-14(6-3-1)10-12-18-11-4-7-16(13-18)17-15-8-9-15/h1-3,5-6,15-17H,4,7-13H2. The zero-order valence-corrected chi connectivity index (χ0v) is 11.1. The van der Waals surface area contributed by atoms with Gasteiger partial charge >= 0.3 is 0 Å². The van der Waals surface area contributed by atoms with Crippen LogP contribution in [-0.4, -0.2) is 36.6 Å². The number of rotatable bonds is 5. The fourth-order valence-corrected chi connectivity index (χ4v) is 2.91. The Morgan fingerprint density at radius 1 is 1.06 bits per heavy atom. The number of hydrogen-bond acceptors (Lipinski definition) is 2. The monoisotopic (exact) mass is 244 g/mol. The molecule has 1 aromatic rings. The molecule has 2 aliphatic rings. The van der Waals surface area contributed by atoms with Crippen LogP contribution < -0.4 is 5.32 Å². The van der Waals surface area contributed by atoms with E-state index in [1.54, 1.807) is 0 Å². The van der Waals surface area contributed by atoms with Gasteiger partial charge < -0.3 is 10.2 Å². The smallest absolute Gasteiger partial charge is 0.0198 e. The van der Waals surface area contributed by atoms with Crippen molar-refractivity contribution in [3.63, 3.8) is 0 Å². The molecule has 0 bridgehead atoms. The van der Waals surface area contributed by atoms with E-state index in [1.165, 1.54) is 57.3 Å². The summed E-state index contributed by atoms with van der Waals surface area (Å²) in [5, 5.41) is 3.78. The van der Waals surface area contributed by atoms with Crippen molar-refractivity contribution in [3.05, 3.63) is 35.9 Å². The third kappa shape index (κ3) is 3.56. The van der Waals surface area contributed by atoms with Gasteiger partial charge in [0.05, 0.1) is 0 Å². The van der Waals surface area contributed by atoms with Crippen molar-refractivity contribution >= 4 is 0 Å². The number of likely N-dealkylation sites (tertiary alicyclic amines) is 1. The largest absolute Gasteiger partial charge is 0.310 e. The predicted molar refractivity (Wildman–Crippen MR) is 75.8 cm³/mol. The molecule has 0 radical (unpaired) electrons. The Kier molecular flexibility index (Phi) is 3.96. The molecule has 98 valence electrons. The first-order valence-corrected chi connectivity index (χ1v) is 7.42. The number of piperidine rings is 1. The SMILES string of the molecule is c1ccc(CCN2CCCC(NC3CC3)C2)cc1. The molecule has 1 atom stereocenters. The van der Waals surface area contributed by atoms with Crippen molar-refractivity contribution in [2.45, 2.75) is 44.2 Å². The molecule has 1 N–H and O–H groups in total. The van der Waals surface area contributed by atoms with E-state index >= 15 is 0 Å². The average Bonchev–Trinajstić information content (AvgIpc) is 3.22. The van der Waals surface area contributed by atoms with Gasteiger partial charge in [-0.2, -0.15) is 0 Å². The molecule has 1 aliphatic carbocycles. The van der Waals surface area contributed by atoms with Crippen LogP contribution in [0, 0.1) is 0 Å². The third-order valence-electron chi connectivity index (χ3n) is 4.11. The van der Waals surface area contributed by atoms with Gasteiger partial charge in [-0.15, -0.1) is 0 Å². The first kappa shape index (κ1) is 12.2. The Labute approximate surface area is 110 Å². The Balaban J connectivity index is 1.44. The second-order valence-electron chi connectivity index (χ2n) is 5.82. The summed E-state index contributed by atoms with van der Waals surface area (Å²) in [6.07, 6.45) is 6.73. The summed E-state index contributed by atoms with van der Waals surface area (Å²) in [4.78, 5) is 2.64. The molecule has 2 heteroatoms. The maximum absolute atomic E-state index is 3.78. The first-order chi connectivity index (χ1) is 8.90. The van der Waals surface area contributed by atoms with Gasteiger partial charge in [0.15, 0.2) is 0 Å². The highest BCUT2D eigenvalue weighted by atomic mass is 15.2. The molecular formula is C16H24N2. The number of nitrogens with one attached hydrogen (secondary N) is 1. The van der Waals surface area contributed by atoms with Crippen LogP contribution in [0.1, 0.15) is 31.2 Å². The van der Waals surface area contributed by atoms with Gasteiger partial charge in [0, 0.05) is 25.2 Å². The van der Waals surface area contributed by atoms with E-state index in [2.05, 4.69) is 40.5 Å². The second-order valence-corrected chi connectivity index (χ2v) is 5.82. The van der Waals surface area contributed by atoms with Crippen LogP contribution in [0.5, 0.6) is 0 Å². The van der Waals surface area contributed by atoms with Crippen molar-refractivity contribution in [2.75, 3.05) is 19.6 Å². The van der Waals surface area contributed by atoms with Crippen LogP contribution in [0.15, 0.2) is 30.3 Å². The summed E-state index contributed by atoms with van der Waals surface area (Å²) >= 11 is 0. The average molecular weight is 244 g/mol. The van der Waals surface area contributed by atoms with E-state index in [4.69, 9.17) is 0 Å². The molecule has 18 heavy (non-hydrogen) atoms. The van der Waals surface area contributed by atoms with Gasteiger partial charge in [-0.3, -0.25) is 0 Å². The Morgan fingerprint density at radius 2 is 1.89 bits per heavy atom. The minimum absolute atomic E-state index is 0.752. The lowest BCUT2D eigenvalue weighted by Crippen LogP contribution is -2.46. The van der Waals surface area contributed by atoms with E-state index in [0.717, 1.165) is 12.1 Å². The number of nitrogens with zero attached hydrogens (tertiary/aromatic N) is 1. The lowest BCUT2D eigenvalue weighted by Gasteiger charge is -2.33. The molecule has 1 saturated heterocycles. The van der Waals surface area contributed by atoms with Gasteiger partial charge in [-0.05, 0) is 44.2 Å². The summed E-state index contributed by atoms with van der Waals surface area (Å²) in [5.41, 5.74) is 1.47. The van der Waals surface area contributed by atoms with Crippen molar-refractivity contribution in [3.8, 4) is 0 Å². The quantitative estimate of drug-likeness (QED) is 0.856. The first-order valence-electron chi connectivity index (χ1n) is 7.42. The Morgan fingerprint density at radius 3 is 2.67 bits per heavy atom. The van der Waals surface area contributed by atoms with Gasteiger partial charge in [0.1, 0.15) is 0 Å². The van der Waals surface area contributed by atoms with Crippen molar-refractivity contribution in [2.24, 2.45) is 0 Å². The topological polar surface area (TPSA) is 15.3 Å². The minimum atomic E-state index is 0.752. The molecule has 0 spiro atoms. The molecular weight excluding hydrogens is 220 g/mol. The highest BCUT2D eigenvalue weighted by Crippen LogP contribution is 2.22. The van der Waals surface area contributed by atoms with Gasteiger partial charge in [-0.1, -0.05) is 30.3 Å². The molecule has 2 fully saturated rings. The maximum atomic E-state index is 3.78. The van der Waals surface area contributed by atoms with Crippen molar-refractivity contribution < 1.29 is 0 Å². The van der Waals surface area contributed by atoms with E-state index in [9.17, 15) is 0 Å². The van der Waals surface area contributed by atoms with Crippen LogP contribution >= 0.6 is 0 Å². The van der Waals surface area contributed by atoms with Crippen LogP contribution in [-0.2, 0) is 6.42 Å². The van der Waals surface area contributed by atoms with Gasteiger partial charge in [-0.25, -0.2) is 0 Å². The van der Waals surface area contributed by atoms with Gasteiger partial charge in [0.2, 0.25) is 0 Å². The summed E-state index contributed by atoms with van der Waals surface area (Å²) in [7, 11) is 0. The fraction of sp³-hybridized carbons (Fsp3) is 0.625. The molecule has 1 heterocycles. The molecule has 2 nitrogen and oxygen atoms in total. The van der Waals surface area contributed by atoms with E-state index in [-0.39, 0.29) is 0 Å². The van der Waals surface area contributed by atoms with E-state index in [1.807, 2.05) is 0 Å². The summed E-state index contributed by atoms with van der Waals surface area (Å²) < 4.78 is 0. The van der Waals surface area contributed by atoms with Crippen molar-refractivity contribution in [1.82, 2.24) is 10.2 Å². The number of hydrogen-bond donors (Lipinski definition) is 1. The number of benzene rings is 1. The summed E-state index contributed by atoms with van der Waals surface area (Å²) in [6.45, 7) is 3.76. The summed E-state index contributed by atoms with van der Waals surface area (Å²) in [5.74, 6) is 0. The highest BCUT2D eigenvalue weighted by molar-refractivity contribution is 5.14. The minimum Gasteiger partial charge on any atom is -0.310 e. The molecule has 1 unspecified atom stereocenters. The Bertz CT molecular complexity index is 359. The van der Waals surface area contributed by atoms with Crippen LogP contribution in [0.4, 0.5) is 0 Å². The normalized spacial score (nSPS) is 25.2. The molecule has 0 amide bonds. The lowest BCUT2D eigenvalue weighted by atomic mass is 10.0. The van der Waals surface area contributed by atoms with Crippen LogP contribution in [0.25, 0.3) is 0 Å².